The molecule has 0 spiro atoms. The van der Waals surface area contributed by atoms with Crippen molar-refractivity contribution in [1.29, 1.82) is 0 Å². The van der Waals surface area contributed by atoms with Crippen molar-refractivity contribution in [3.05, 3.63) is 65.0 Å². The fourth-order valence-corrected chi connectivity index (χ4v) is 3.13. The summed E-state index contributed by atoms with van der Waals surface area (Å²) in [4.78, 5) is 0. The average molecular weight is 349 g/mol. The molecule has 0 fully saturated rings. The lowest BCUT2D eigenvalue weighted by Crippen LogP contribution is -2.30. The van der Waals surface area contributed by atoms with E-state index >= 15 is 0 Å². The van der Waals surface area contributed by atoms with Crippen LogP contribution < -0.4 is 10.6 Å². The monoisotopic (exact) mass is 348 g/mol. The van der Waals surface area contributed by atoms with Gasteiger partial charge in [0.2, 0.25) is 0 Å². The summed E-state index contributed by atoms with van der Waals surface area (Å²) in [6, 6.07) is 13.1. The van der Waals surface area contributed by atoms with Crippen LogP contribution in [0.4, 0.5) is 10.1 Å². The number of anilines is 1. The molecule has 2 rings (SSSR count). The number of thiocarbonyl (C=S) groups is 1. The van der Waals surface area contributed by atoms with Crippen LogP contribution in [0.5, 0.6) is 0 Å². The molecule has 2 N–H and O–H groups in total. The fraction of sp³-hybridized carbons (Fsp3) is 0.278. The molecule has 0 aliphatic heterocycles. The summed E-state index contributed by atoms with van der Waals surface area (Å²) in [6.07, 6.45) is 0. The maximum Gasteiger partial charge on any atom is 0.170 e. The summed E-state index contributed by atoms with van der Waals surface area (Å²) in [6.45, 7) is 4.85. The zero-order valence-electron chi connectivity index (χ0n) is 13.4. The van der Waals surface area contributed by atoms with E-state index < -0.39 is 0 Å². The van der Waals surface area contributed by atoms with E-state index in [9.17, 15) is 4.39 Å². The molecule has 0 bridgehead atoms. The third kappa shape index (κ3) is 5.84. The van der Waals surface area contributed by atoms with Gasteiger partial charge in [-0.2, -0.15) is 11.8 Å². The van der Waals surface area contributed by atoms with Crippen molar-refractivity contribution < 1.29 is 4.39 Å². The Hall–Kier alpha value is -1.59. The van der Waals surface area contributed by atoms with Gasteiger partial charge in [-0.1, -0.05) is 30.3 Å². The van der Waals surface area contributed by atoms with Crippen LogP contribution in [0.3, 0.4) is 0 Å². The third-order valence-electron chi connectivity index (χ3n) is 3.39. The number of hydrogen-bond acceptors (Lipinski definition) is 2. The maximum absolute atomic E-state index is 13.5. The molecule has 2 aromatic rings. The number of benzene rings is 2. The minimum absolute atomic E-state index is 0.139. The Morgan fingerprint density at radius 1 is 1.17 bits per heavy atom. The van der Waals surface area contributed by atoms with Crippen molar-refractivity contribution in [2.45, 2.75) is 19.6 Å². The zero-order chi connectivity index (χ0) is 16.7. The van der Waals surface area contributed by atoms with E-state index in [-0.39, 0.29) is 5.82 Å². The van der Waals surface area contributed by atoms with Crippen LogP contribution in [0.1, 0.15) is 16.7 Å². The van der Waals surface area contributed by atoms with Crippen molar-refractivity contribution in [1.82, 2.24) is 5.32 Å². The predicted octanol–water partition coefficient (Wildman–Crippen LogP) is 4.66. The van der Waals surface area contributed by atoms with Crippen LogP contribution in [-0.4, -0.2) is 17.4 Å². The molecule has 0 aliphatic rings. The number of aryl methyl sites for hydroxylation is 2. The van der Waals surface area contributed by atoms with Gasteiger partial charge in [-0.15, -0.1) is 0 Å². The first kappa shape index (κ1) is 17.8. The highest BCUT2D eigenvalue weighted by molar-refractivity contribution is 7.98. The number of nitrogens with one attached hydrogen (secondary N) is 2. The van der Waals surface area contributed by atoms with Crippen molar-refractivity contribution in [2.24, 2.45) is 0 Å². The largest absolute Gasteiger partial charge is 0.362 e. The number of rotatable bonds is 6. The van der Waals surface area contributed by atoms with E-state index in [1.54, 1.807) is 17.8 Å². The molecule has 0 aromatic heterocycles. The minimum atomic E-state index is -0.139. The minimum Gasteiger partial charge on any atom is -0.362 e. The first-order valence-corrected chi connectivity index (χ1v) is 9.06. The SMILES string of the molecule is Cc1ccc(C)c(NC(=S)NCCSCc2ccccc2F)c1. The molecule has 0 aliphatic carbocycles. The van der Waals surface area contributed by atoms with Gasteiger partial charge in [0.25, 0.3) is 0 Å². The molecular weight excluding hydrogens is 327 g/mol. The van der Waals surface area contributed by atoms with E-state index in [1.165, 1.54) is 11.6 Å². The van der Waals surface area contributed by atoms with Crippen molar-refractivity contribution in [3.8, 4) is 0 Å². The molecular formula is C18H21FN2S2. The Morgan fingerprint density at radius 3 is 2.74 bits per heavy atom. The highest BCUT2D eigenvalue weighted by atomic mass is 32.2. The van der Waals surface area contributed by atoms with Gasteiger partial charge >= 0.3 is 0 Å². The standard InChI is InChI=1S/C18H21FN2S2/c1-13-7-8-14(2)17(11-13)21-18(22)20-9-10-23-12-15-5-3-4-6-16(15)19/h3-8,11H,9-10,12H2,1-2H3,(H2,20,21,22). The molecule has 0 unspecified atom stereocenters. The lowest BCUT2D eigenvalue weighted by molar-refractivity contribution is 0.617. The summed E-state index contributed by atoms with van der Waals surface area (Å²) in [5, 5.41) is 7.02. The molecule has 0 amide bonds. The first-order valence-electron chi connectivity index (χ1n) is 7.49. The second kappa shape index (κ2) is 8.89. The van der Waals surface area contributed by atoms with E-state index in [4.69, 9.17) is 12.2 Å². The lowest BCUT2D eigenvalue weighted by Gasteiger charge is -2.13. The summed E-state index contributed by atoms with van der Waals surface area (Å²) < 4.78 is 13.5. The Balaban J connectivity index is 1.69. The van der Waals surface area contributed by atoms with Gasteiger partial charge in [0.15, 0.2) is 5.11 Å². The first-order chi connectivity index (χ1) is 11.1. The second-order valence-corrected chi connectivity index (χ2v) is 6.86. The van der Waals surface area contributed by atoms with Gasteiger partial charge in [0.05, 0.1) is 0 Å². The van der Waals surface area contributed by atoms with E-state index in [2.05, 4.69) is 42.7 Å². The van der Waals surface area contributed by atoms with Crippen LogP contribution >= 0.6 is 24.0 Å². The quantitative estimate of drug-likeness (QED) is 0.585. The maximum atomic E-state index is 13.5. The Kier molecular flexibility index (Phi) is 6.86. The van der Waals surface area contributed by atoms with Crippen LogP contribution in [0, 0.1) is 19.7 Å². The number of halogens is 1. The highest BCUT2D eigenvalue weighted by Crippen LogP contribution is 2.16. The molecule has 0 saturated heterocycles. The van der Waals surface area contributed by atoms with Crippen LogP contribution in [0.15, 0.2) is 42.5 Å². The molecule has 23 heavy (non-hydrogen) atoms. The summed E-state index contributed by atoms with van der Waals surface area (Å²) >= 11 is 7.00. The molecule has 0 radical (unpaired) electrons. The van der Waals surface area contributed by atoms with Gasteiger partial charge in [-0.05, 0) is 54.9 Å². The lowest BCUT2D eigenvalue weighted by atomic mass is 10.1. The van der Waals surface area contributed by atoms with Crippen LogP contribution in [0.2, 0.25) is 0 Å². The molecule has 122 valence electrons. The fourth-order valence-electron chi connectivity index (χ4n) is 2.07. The van der Waals surface area contributed by atoms with Gasteiger partial charge in [0, 0.05) is 23.7 Å². The molecule has 5 heteroatoms. The van der Waals surface area contributed by atoms with E-state index in [0.29, 0.717) is 10.9 Å². The van der Waals surface area contributed by atoms with Crippen LogP contribution in [-0.2, 0) is 5.75 Å². The summed E-state index contributed by atoms with van der Waals surface area (Å²) in [5.41, 5.74) is 4.13. The Labute approximate surface area is 146 Å². The average Bonchev–Trinajstić information content (AvgIpc) is 2.52. The van der Waals surface area contributed by atoms with Crippen LogP contribution in [0.25, 0.3) is 0 Å². The molecule has 0 saturated carbocycles. The van der Waals surface area contributed by atoms with Crippen molar-refractivity contribution in [3.63, 3.8) is 0 Å². The molecule has 0 atom stereocenters. The number of hydrogen-bond donors (Lipinski definition) is 2. The predicted molar refractivity (Wildman–Crippen MR) is 103 cm³/mol. The molecule has 2 aromatic carbocycles. The smallest absolute Gasteiger partial charge is 0.170 e. The summed E-state index contributed by atoms with van der Waals surface area (Å²) in [5.74, 6) is 1.40. The van der Waals surface area contributed by atoms with Crippen molar-refractivity contribution >= 4 is 34.8 Å². The summed E-state index contributed by atoms with van der Waals surface area (Å²) in [7, 11) is 0. The topological polar surface area (TPSA) is 24.1 Å². The highest BCUT2D eigenvalue weighted by Gasteiger charge is 2.03. The second-order valence-electron chi connectivity index (χ2n) is 5.34. The zero-order valence-corrected chi connectivity index (χ0v) is 15.0. The number of thioether (sulfide) groups is 1. The third-order valence-corrected chi connectivity index (χ3v) is 4.64. The van der Waals surface area contributed by atoms with Gasteiger partial charge in [-0.25, -0.2) is 4.39 Å². The van der Waals surface area contributed by atoms with Crippen molar-refractivity contribution in [2.75, 3.05) is 17.6 Å². The van der Waals surface area contributed by atoms with Gasteiger partial charge in [-0.3, -0.25) is 0 Å². The van der Waals surface area contributed by atoms with E-state index in [0.717, 1.165) is 29.1 Å². The normalized spacial score (nSPS) is 10.4. The van der Waals surface area contributed by atoms with Gasteiger partial charge in [0.1, 0.15) is 5.82 Å². The van der Waals surface area contributed by atoms with E-state index in [1.807, 2.05) is 12.1 Å². The Bertz CT molecular complexity index is 674. The Morgan fingerprint density at radius 2 is 1.96 bits per heavy atom. The molecule has 0 heterocycles. The molecule has 2 nitrogen and oxygen atoms in total. The van der Waals surface area contributed by atoms with Gasteiger partial charge < -0.3 is 10.6 Å².